The molecule has 3 nitrogen and oxygen atoms in total. The highest BCUT2D eigenvalue weighted by atomic mass is 32.2. The number of hydrogen-bond donors (Lipinski definition) is 0. The number of halogens is 1. The zero-order chi connectivity index (χ0) is 14.8. The minimum atomic E-state index is -3.76. The largest absolute Gasteiger partial charge is 0.293 e. The normalized spacial score (nSPS) is 11.3. The highest BCUT2D eigenvalue weighted by Crippen LogP contribution is 2.15. The molecular weight excluding hydrogens is 279 g/mol. The number of rotatable bonds is 4. The van der Waals surface area contributed by atoms with Crippen molar-refractivity contribution < 1.29 is 17.6 Å². The van der Waals surface area contributed by atoms with Gasteiger partial charge in [0.25, 0.3) is 0 Å². The Balaban J connectivity index is 2.27. The van der Waals surface area contributed by atoms with Gasteiger partial charge in [0.15, 0.2) is 15.6 Å². The van der Waals surface area contributed by atoms with Gasteiger partial charge in [0.05, 0.1) is 10.5 Å². The lowest BCUT2D eigenvalue weighted by atomic mass is 10.1. The fourth-order valence-corrected chi connectivity index (χ4v) is 2.98. The van der Waals surface area contributed by atoms with Crippen LogP contribution >= 0.6 is 0 Å². The molecule has 0 amide bonds. The van der Waals surface area contributed by atoms with E-state index in [9.17, 15) is 17.6 Å². The second kappa shape index (κ2) is 5.54. The number of sulfone groups is 1. The first-order chi connectivity index (χ1) is 9.40. The zero-order valence-electron chi connectivity index (χ0n) is 10.8. The van der Waals surface area contributed by atoms with E-state index in [1.807, 2.05) is 6.92 Å². The lowest BCUT2D eigenvalue weighted by Gasteiger charge is -2.05. The number of ketones is 1. The molecule has 0 aromatic heterocycles. The van der Waals surface area contributed by atoms with Crippen molar-refractivity contribution in [2.75, 3.05) is 5.75 Å². The van der Waals surface area contributed by atoms with E-state index in [-0.39, 0.29) is 10.5 Å². The van der Waals surface area contributed by atoms with E-state index >= 15 is 0 Å². The summed E-state index contributed by atoms with van der Waals surface area (Å²) in [6, 6.07) is 11.5. The average Bonchev–Trinajstić information content (AvgIpc) is 2.39. The first-order valence-electron chi connectivity index (χ1n) is 5.97. The quantitative estimate of drug-likeness (QED) is 0.814. The van der Waals surface area contributed by atoms with Crippen LogP contribution in [0.1, 0.15) is 15.9 Å². The standard InChI is InChI=1S/C15H13FO3S/c1-11-6-8-12(9-7-11)20(18,19)10-15(17)13-4-2-3-5-14(13)16/h2-9H,10H2,1H3. The Labute approximate surface area is 117 Å². The van der Waals surface area contributed by atoms with Gasteiger partial charge in [-0.2, -0.15) is 0 Å². The minimum absolute atomic E-state index is 0.0628. The Morgan fingerprint density at radius 2 is 1.65 bits per heavy atom. The summed E-state index contributed by atoms with van der Waals surface area (Å²) in [5.41, 5.74) is 0.715. The number of Topliss-reactive ketones (excluding diaryl/α,β-unsaturated/α-hetero) is 1. The van der Waals surface area contributed by atoms with Crippen LogP contribution in [-0.4, -0.2) is 20.0 Å². The van der Waals surface area contributed by atoms with Gasteiger partial charge in [-0.25, -0.2) is 12.8 Å². The molecule has 2 aromatic carbocycles. The fourth-order valence-electron chi connectivity index (χ4n) is 1.77. The molecule has 0 heterocycles. The molecule has 0 atom stereocenters. The summed E-state index contributed by atoms with van der Waals surface area (Å²) in [5, 5.41) is 0. The third-order valence-corrected chi connectivity index (χ3v) is 4.51. The van der Waals surface area contributed by atoms with Gasteiger partial charge >= 0.3 is 0 Å². The van der Waals surface area contributed by atoms with E-state index in [4.69, 9.17) is 0 Å². The van der Waals surface area contributed by atoms with Crippen molar-refractivity contribution in [3.8, 4) is 0 Å². The molecule has 0 aliphatic heterocycles. The molecule has 5 heteroatoms. The summed E-state index contributed by atoms with van der Waals surface area (Å²) in [5.74, 6) is -2.20. The van der Waals surface area contributed by atoms with Gasteiger partial charge in [-0.3, -0.25) is 4.79 Å². The maximum atomic E-state index is 13.5. The van der Waals surface area contributed by atoms with Gasteiger partial charge in [-0.05, 0) is 31.2 Å². The molecule has 0 aliphatic carbocycles. The molecule has 0 spiro atoms. The molecule has 0 saturated carbocycles. The molecule has 0 radical (unpaired) electrons. The van der Waals surface area contributed by atoms with Crippen molar-refractivity contribution >= 4 is 15.6 Å². The number of hydrogen-bond acceptors (Lipinski definition) is 3. The van der Waals surface area contributed by atoms with Crippen LogP contribution in [-0.2, 0) is 9.84 Å². The molecule has 0 unspecified atom stereocenters. The molecule has 20 heavy (non-hydrogen) atoms. The molecule has 104 valence electrons. The van der Waals surface area contributed by atoms with Crippen LogP contribution in [0.25, 0.3) is 0 Å². The third kappa shape index (κ3) is 3.11. The van der Waals surface area contributed by atoms with E-state index in [1.54, 1.807) is 12.1 Å². The molecule has 0 bridgehead atoms. The van der Waals surface area contributed by atoms with E-state index in [1.165, 1.54) is 30.3 Å². The van der Waals surface area contributed by atoms with Gasteiger partial charge < -0.3 is 0 Å². The van der Waals surface area contributed by atoms with Crippen LogP contribution in [0.15, 0.2) is 53.4 Å². The highest BCUT2D eigenvalue weighted by Gasteiger charge is 2.22. The van der Waals surface area contributed by atoms with E-state index in [2.05, 4.69) is 0 Å². The van der Waals surface area contributed by atoms with E-state index < -0.39 is 27.2 Å². The number of benzene rings is 2. The third-order valence-electron chi connectivity index (χ3n) is 2.88. The molecule has 2 aromatic rings. The highest BCUT2D eigenvalue weighted by molar-refractivity contribution is 7.92. The smallest absolute Gasteiger partial charge is 0.185 e. The van der Waals surface area contributed by atoms with E-state index in [0.29, 0.717) is 0 Å². The van der Waals surface area contributed by atoms with Crippen LogP contribution in [0.4, 0.5) is 4.39 Å². The van der Waals surface area contributed by atoms with Crippen LogP contribution in [0.5, 0.6) is 0 Å². The van der Waals surface area contributed by atoms with Crippen molar-refractivity contribution in [2.45, 2.75) is 11.8 Å². The predicted octanol–water partition coefficient (Wildman–Crippen LogP) is 2.79. The van der Waals surface area contributed by atoms with Crippen molar-refractivity contribution in [1.29, 1.82) is 0 Å². The Morgan fingerprint density at radius 1 is 1.05 bits per heavy atom. The molecule has 0 aliphatic rings. The molecular formula is C15H13FO3S. The Kier molecular flexibility index (Phi) is 3.99. The Morgan fingerprint density at radius 3 is 2.25 bits per heavy atom. The van der Waals surface area contributed by atoms with Crippen LogP contribution in [0.2, 0.25) is 0 Å². The predicted molar refractivity (Wildman–Crippen MR) is 74.0 cm³/mol. The maximum Gasteiger partial charge on any atom is 0.185 e. The van der Waals surface area contributed by atoms with Crippen molar-refractivity contribution in [3.63, 3.8) is 0 Å². The van der Waals surface area contributed by atoms with Gasteiger partial charge in [-0.1, -0.05) is 29.8 Å². The molecule has 0 saturated heterocycles. The second-order valence-corrected chi connectivity index (χ2v) is 6.46. The van der Waals surface area contributed by atoms with Crippen LogP contribution in [0.3, 0.4) is 0 Å². The minimum Gasteiger partial charge on any atom is -0.293 e. The summed E-state index contributed by atoms with van der Waals surface area (Å²) < 4.78 is 37.6. The number of carbonyl (C=O) groups is 1. The average molecular weight is 292 g/mol. The monoisotopic (exact) mass is 292 g/mol. The zero-order valence-corrected chi connectivity index (χ0v) is 11.7. The lowest BCUT2D eigenvalue weighted by molar-refractivity contribution is 0.101. The molecule has 2 rings (SSSR count). The first kappa shape index (κ1) is 14.4. The molecule has 0 N–H and O–H groups in total. The van der Waals surface area contributed by atoms with Gasteiger partial charge in [0.2, 0.25) is 0 Å². The topological polar surface area (TPSA) is 51.2 Å². The second-order valence-electron chi connectivity index (χ2n) is 4.48. The number of aryl methyl sites for hydroxylation is 1. The first-order valence-corrected chi connectivity index (χ1v) is 7.62. The van der Waals surface area contributed by atoms with E-state index in [0.717, 1.165) is 11.6 Å². The summed E-state index contributed by atoms with van der Waals surface area (Å²) in [6.45, 7) is 1.83. The Bertz CT molecular complexity index is 734. The van der Waals surface area contributed by atoms with Crippen LogP contribution in [0, 0.1) is 12.7 Å². The summed E-state index contributed by atoms with van der Waals surface area (Å²) in [6.07, 6.45) is 0. The van der Waals surface area contributed by atoms with Crippen molar-refractivity contribution in [3.05, 3.63) is 65.5 Å². The van der Waals surface area contributed by atoms with Crippen molar-refractivity contribution in [2.24, 2.45) is 0 Å². The molecule has 0 fully saturated rings. The summed E-state index contributed by atoms with van der Waals surface area (Å²) >= 11 is 0. The van der Waals surface area contributed by atoms with Crippen molar-refractivity contribution in [1.82, 2.24) is 0 Å². The maximum absolute atomic E-state index is 13.5. The van der Waals surface area contributed by atoms with Gasteiger partial charge in [-0.15, -0.1) is 0 Å². The van der Waals surface area contributed by atoms with Crippen LogP contribution < -0.4 is 0 Å². The van der Waals surface area contributed by atoms with Gasteiger partial charge in [0.1, 0.15) is 11.6 Å². The SMILES string of the molecule is Cc1ccc(S(=O)(=O)CC(=O)c2ccccc2F)cc1. The Hall–Kier alpha value is -2.01. The fraction of sp³-hybridized carbons (Fsp3) is 0.133. The summed E-state index contributed by atoms with van der Waals surface area (Å²) in [4.78, 5) is 12.0. The lowest BCUT2D eigenvalue weighted by Crippen LogP contribution is -2.17. The summed E-state index contributed by atoms with van der Waals surface area (Å²) in [7, 11) is -3.76. The van der Waals surface area contributed by atoms with Gasteiger partial charge in [0, 0.05) is 0 Å². The number of carbonyl (C=O) groups excluding carboxylic acids is 1.